The van der Waals surface area contributed by atoms with Crippen LogP contribution in [0.2, 0.25) is 0 Å². The van der Waals surface area contributed by atoms with Crippen molar-refractivity contribution in [3.05, 3.63) is 12.2 Å². The summed E-state index contributed by atoms with van der Waals surface area (Å²) >= 11 is 0. The molecule has 0 aromatic rings. The summed E-state index contributed by atoms with van der Waals surface area (Å²) in [5, 5.41) is 16.5. The van der Waals surface area contributed by atoms with E-state index in [1.807, 2.05) is 0 Å². The Balaban J connectivity index is 3.91. The molecule has 0 amide bonds. The van der Waals surface area contributed by atoms with E-state index in [4.69, 9.17) is 10.2 Å². The molecule has 3 nitrogen and oxygen atoms in total. The van der Waals surface area contributed by atoms with Gasteiger partial charge in [0.15, 0.2) is 0 Å². The average Bonchev–Trinajstić information content (AvgIpc) is 1.87. The van der Waals surface area contributed by atoms with Crippen LogP contribution in [0.4, 0.5) is 4.39 Å². The fourth-order valence-electron chi connectivity index (χ4n) is 0.372. The molecule has 11 heavy (non-hydrogen) atoms. The molecule has 0 spiro atoms. The first kappa shape index (κ1) is 10.2. The summed E-state index contributed by atoms with van der Waals surface area (Å²) in [6.07, 6.45) is 2.05. The fraction of sp³-hybridized carbons (Fsp3) is 0.333. The van der Waals surface area contributed by atoms with E-state index in [2.05, 4.69) is 4.99 Å². The van der Waals surface area contributed by atoms with Crippen LogP contribution < -0.4 is 0 Å². The molecule has 0 rings (SSSR count). The number of hydrogen-bond donors (Lipinski definition) is 2. The van der Waals surface area contributed by atoms with Crippen LogP contribution in [-0.2, 0) is 0 Å². The Hall–Kier alpha value is -0.805. The van der Waals surface area contributed by atoms with E-state index in [0.717, 1.165) is 19.1 Å². The minimum absolute atomic E-state index is 0.676. The molecule has 0 aliphatic rings. The first-order valence-electron chi connectivity index (χ1n) is 3.05. The van der Waals surface area contributed by atoms with E-state index in [1.165, 1.54) is 6.08 Å². The molecule has 0 radical (unpaired) electrons. The Kier molecular flexibility index (Phi) is 5.51. The molecule has 0 aliphatic heterocycles. The summed E-state index contributed by atoms with van der Waals surface area (Å²) in [5.41, 5.74) is 0. The second-order valence-electron chi connectivity index (χ2n) is 1.71. The van der Waals surface area contributed by atoms with Crippen molar-refractivity contribution in [3.63, 3.8) is 0 Å². The van der Waals surface area contributed by atoms with Gasteiger partial charge in [-0.3, -0.25) is 0 Å². The molecule has 0 saturated carbocycles. The van der Waals surface area contributed by atoms with Crippen LogP contribution >= 0.6 is 0 Å². The van der Waals surface area contributed by atoms with Crippen LogP contribution in [0.15, 0.2) is 17.1 Å². The van der Waals surface area contributed by atoms with Gasteiger partial charge in [0.1, 0.15) is 0 Å². The third-order valence-electron chi connectivity index (χ3n) is 0.760. The van der Waals surface area contributed by atoms with Crippen molar-refractivity contribution in [1.29, 1.82) is 0 Å². The monoisotopic (exact) mass is 157 g/mol. The predicted molar refractivity (Wildman–Crippen MR) is 43.4 cm³/mol. The molecule has 0 aromatic carbocycles. The summed E-state index contributed by atoms with van der Waals surface area (Å²) in [6, 6.07) is 0. The predicted octanol–water partition coefficient (Wildman–Crippen LogP) is -0.337. The van der Waals surface area contributed by atoms with Crippen LogP contribution in [0.1, 0.15) is 6.92 Å². The van der Waals surface area contributed by atoms with Gasteiger partial charge in [0.25, 0.3) is 0 Å². The second-order valence-corrected chi connectivity index (χ2v) is 1.71. The normalized spacial score (nSPS) is 13.4. The number of halogens is 1. The zero-order chi connectivity index (χ0) is 8.69. The van der Waals surface area contributed by atoms with Gasteiger partial charge in [-0.15, -0.1) is 0 Å². The molecule has 2 N–H and O–H groups in total. The Morgan fingerprint density at radius 2 is 2.27 bits per heavy atom. The number of aliphatic hydroxyl groups is 2. The van der Waals surface area contributed by atoms with Gasteiger partial charge in [0, 0.05) is 0 Å². The van der Waals surface area contributed by atoms with Gasteiger partial charge in [-0.05, 0) is 0 Å². The van der Waals surface area contributed by atoms with Crippen molar-refractivity contribution in [2.45, 2.75) is 13.1 Å². The topological polar surface area (TPSA) is 52.8 Å². The van der Waals surface area contributed by atoms with E-state index in [0.29, 0.717) is 0 Å². The van der Waals surface area contributed by atoms with E-state index in [1.54, 1.807) is 6.92 Å². The Labute approximate surface area is 64.8 Å². The first-order valence-corrected chi connectivity index (χ1v) is 3.05. The maximum absolute atomic E-state index is 12.3. The Morgan fingerprint density at radius 1 is 1.64 bits per heavy atom. The van der Waals surface area contributed by atoms with Gasteiger partial charge in [0.2, 0.25) is 0 Å². The molecule has 5 heteroatoms. The van der Waals surface area contributed by atoms with Crippen LogP contribution in [-0.4, -0.2) is 35.4 Å². The summed E-state index contributed by atoms with van der Waals surface area (Å²) < 4.78 is 12.3. The molecule has 0 atom stereocenters. The molecule has 0 fully saturated rings. The molecule has 0 saturated heterocycles. The van der Waals surface area contributed by atoms with Crippen molar-refractivity contribution in [2.75, 3.05) is 0 Å². The van der Waals surface area contributed by atoms with Crippen molar-refractivity contribution in [3.8, 4) is 0 Å². The molecule has 60 valence electrons. The second kappa shape index (κ2) is 5.94. The van der Waals surface area contributed by atoms with Crippen LogP contribution in [0, 0.1) is 0 Å². The van der Waals surface area contributed by atoms with E-state index in [9.17, 15) is 4.39 Å². The van der Waals surface area contributed by atoms with E-state index >= 15 is 0 Å². The molecular formula is C6H9BFNO2. The Morgan fingerprint density at radius 3 is 2.73 bits per heavy atom. The van der Waals surface area contributed by atoms with Crippen LogP contribution in [0.25, 0.3) is 0 Å². The fourth-order valence-corrected chi connectivity index (χ4v) is 0.372. The molecular weight excluding hydrogens is 148 g/mol. The summed E-state index contributed by atoms with van der Waals surface area (Å²) in [7, 11) is 0. The number of aliphatic imine (C=N–C) groups is 1. The van der Waals surface area contributed by atoms with Crippen molar-refractivity contribution in [2.24, 2.45) is 4.99 Å². The average molecular weight is 157 g/mol. The van der Waals surface area contributed by atoms with E-state index < -0.39 is 12.2 Å². The Bertz CT molecular complexity index is 189. The standard InChI is InChI=1S/C6H9BFNO2/c1-2-3-5(8)9-4-7-6(10)11/h2-4,6,10-11H,1H3/b3-2-,9-5?. The molecule has 0 aliphatic carbocycles. The van der Waals surface area contributed by atoms with Gasteiger partial charge < -0.3 is 0 Å². The zero-order valence-electron chi connectivity index (χ0n) is 6.11. The van der Waals surface area contributed by atoms with Crippen LogP contribution in [0.3, 0.4) is 0 Å². The SMILES string of the molecule is C/C=C\C(F)=NC=BC(O)O. The van der Waals surface area contributed by atoms with Crippen molar-refractivity contribution < 1.29 is 14.6 Å². The molecule has 0 unspecified atom stereocenters. The van der Waals surface area contributed by atoms with Crippen molar-refractivity contribution >= 4 is 19.0 Å². The van der Waals surface area contributed by atoms with Gasteiger partial charge in [-0.2, -0.15) is 0 Å². The third-order valence-corrected chi connectivity index (χ3v) is 0.760. The minimum atomic E-state index is -1.59. The number of aliphatic hydroxyl groups excluding tert-OH is 1. The molecule has 0 bridgehead atoms. The number of allylic oxidation sites excluding steroid dienone is 2. The summed E-state index contributed by atoms with van der Waals surface area (Å²) in [4.78, 5) is 3.22. The number of hydrogen-bond acceptors (Lipinski definition) is 3. The van der Waals surface area contributed by atoms with Gasteiger partial charge in [-0.1, -0.05) is 0 Å². The van der Waals surface area contributed by atoms with Gasteiger partial charge in [0.05, 0.1) is 0 Å². The third kappa shape index (κ3) is 7.09. The van der Waals surface area contributed by atoms with Gasteiger partial charge in [-0.25, -0.2) is 0 Å². The van der Waals surface area contributed by atoms with Crippen molar-refractivity contribution in [1.82, 2.24) is 0 Å². The molecule has 0 heterocycles. The maximum atomic E-state index is 12.3. The number of nitrogens with zero attached hydrogens (tertiary/aromatic N) is 1. The first-order chi connectivity index (χ1) is 5.16. The quantitative estimate of drug-likeness (QED) is 0.334. The summed E-state index contributed by atoms with van der Waals surface area (Å²) in [5.74, 6) is -0.676. The van der Waals surface area contributed by atoms with E-state index in [-0.39, 0.29) is 0 Å². The van der Waals surface area contributed by atoms with Gasteiger partial charge >= 0.3 is 63.8 Å². The zero-order valence-corrected chi connectivity index (χ0v) is 6.11. The summed E-state index contributed by atoms with van der Waals surface area (Å²) in [6.45, 7) is 2.60. The van der Waals surface area contributed by atoms with Crippen LogP contribution in [0.5, 0.6) is 0 Å². The molecule has 0 aromatic heterocycles. The number of rotatable bonds is 3.